The summed E-state index contributed by atoms with van der Waals surface area (Å²) in [5.41, 5.74) is 0.779. The maximum Gasteiger partial charge on any atom is 0.183 e. The first-order valence-electron chi connectivity index (χ1n) is 9.48. The maximum atomic E-state index is 10.3. The molecule has 28 heavy (non-hydrogen) atoms. The highest BCUT2D eigenvalue weighted by atomic mass is 14.7. The largest absolute Gasteiger partial charge is 0.196 e. The zero-order chi connectivity index (χ0) is 19.5. The predicted octanol–water partition coefficient (Wildman–Crippen LogP) is 3.98. The molecular formula is C24H16N4. The van der Waals surface area contributed by atoms with Crippen LogP contribution < -0.4 is 0 Å². The Hall–Kier alpha value is -3.60. The Balaban J connectivity index is 1.86. The average molecular weight is 360 g/mol. The van der Waals surface area contributed by atoms with Crippen LogP contribution in [0.15, 0.2) is 48.5 Å². The molecule has 0 N–H and O–H groups in total. The van der Waals surface area contributed by atoms with E-state index in [9.17, 15) is 21.0 Å². The number of hydrogen-bond donors (Lipinski definition) is 0. The molecule has 0 saturated heterocycles. The lowest BCUT2D eigenvalue weighted by molar-refractivity contribution is 0.0477. The van der Waals surface area contributed by atoms with Gasteiger partial charge in [0.05, 0.1) is 24.3 Å². The number of fused-ring (bicyclic) bond motifs is 7. The van der Waals surface area contributed by atoms with Crippen molar-refractivity contribution in [3.8, 4) is 24.3 Å². The van der Waals surface area contributed by atoms with Crippen molar-refractivity contribution in [3.05, 3.63) is 70.8 Å². The van der Waals surface area contributed by atoms with Gasteiger partial charge in [-0.1, -0.05) is 48.5 Å². The van der Waals surface area contributed by atoms with Gasteiger partial charge in [0.25, 0.3) is 0 Å². The summed E-state index contributed by atoms with van der Waals surface area (Å²) in [6, 6.07) is 24.6. The quantitative estimate of drug-likeness (QED) is 0.710. The van der Waals surface area contributed by atoms with Crippen molar-refractivity contribution >= 4 is 0 Å². The highest BCUT2D eigenvalue weighted by Crippen LogP contribution is 2.71. The fraction of sp³-hybridized carbons (Fsp3) is 0.333. The van der Waals surface area contributed by atoms with E-state index in [2.05, 4.69) is 24.3 Å². The molecule has 4 atom stereocenters. The molecule has 5 rings (SSSR count). The molecule has 132 valence electrons. The van der Waals surface area contributed by atoms with Gasteiger partial charge < -0.3 is 0 Å². The van der Waals surface area contributed by atoms with Crippen molar-refractivity contribution in [1.82, 2.24) is 0 Å². The van der Waals surface area contributed by atoms with Crippen LogP contribution in [0.1, 0.15) is 34.1 Å². The van der Waals surface area contributed by atoms with E-state index in [1.165, 1.54) is 0 Å². The van der Waals surface area contributed by atoms with Crippen LogP contribution in [0.2, 0.25) is 0 Å². The fourth-order valence-electron chi connectivity index (χ4n) is 6.33. The van der Waals surface area contributed by atoms with Crippen LogP contribution in [0.5, 0.6) is 0 Å². The topological polar surface area (TPSA) is 95.2 Å². The van der Waals surface area contributed by atoms with Crippen LogP contribution in [0.4, 0.5) is 0 Å². The number of rotatable bonds is 0. The third kappa shape index (κ3) is 1.63. The zero-order valence-corrected chi connectivity index (χ0v) is 15.1. The first-order valence-corrected chi connectivity index (χ1v) is 9.48. The molecule has 3 aliphatic carbocycles. The Kier molecular flexibility index (Phi) is 3.23. The van der Waals surface area contributed by atoms with Crippen molar-refractivity contribution < 1.29 is 0 Å². The molecule has 0 aromatic heterocycles. The van der Waals surface area contributed by atoms with E-state index >= 15 is 0 Å². The van der Waals surface area contributed by atoms with E-state index in [1.807, 2.05) is 48.5 Å². The summed E-state index contributed by atoms with van der Waals surface area (Å²) in [7, 11) is 0. The number of hydrogen-bond acceptors (Lipinski definition) is 4. The highest BCUT2D eigenvalue weighted by Gasteiger charge is 2.73. The number of benzene rings is 2. The predicted molar refractivity (Wildman–Crippen MR) is 100 cm³/mol. The van der Waals surface area contributed by atoms with Gasteiger partial charge >= 0.3 is 0 Å². The van der Waals surface area contributed by atoms with Gasteiger partial charge in [0.1, 0.15) is 0 Å². The van der Waals surface area contributed by atoms with Gasteiger partial charge in [0.15, 0.2) is 10.8 Å². The lowest BCUT2D eigenvalue weighted by Gasteiger charge is -2.51. The van der Waals surface area contributed by atoms with Crippen molar-refractivity contribution in [2.75, 3.05) is 0 Å². The van der Waals surface area contributed by atoms with Crippen LogP contribution in [0.25, 0.3) is 0 Å². The highest BCUT2D eigenvalue weighted by molar-refractivity contribution is 5.55. The monoisotopic (exact) mass is 360 g/mol. The minimum Gasteiger partial charge on any atom is -0.196 e. The van der Waals surface area contributed by atoms with E-state index < -0.39 is 22.7 Å². The van der Waals surface area contributed by atoms with E-state index in [4.69, 9.17) is 0 Å². The van der Waals surface area contributed by atoms with Crippen molar-refractivity contribution in [2.45, 2.75) is 24.7 Å². The lowest BCUT2D eigenvalue weighted by atomic mass is 9.44. The summed E-state index contributed by atoms with van der Waals surface area (Å²) in [6.07, 6.45) is 1.57. The minimum absolute atomic E-state index is 0.0731. The van der Waals surface area contributed by atoms with Crippen LogP contribution in [0, 0.1) is 68.0 Å². The smallest absolute Gasteiger partial charge is 0.183 e. The summed E-state index contributed by atoms with van der Waals surface area (Å²) < 4.78 is 0. The Morgan fingerprint density at radius 1 is 0.607 bits per heavy atom. The van der Waals surface area contributed by atoms with Crippen LogP contribution in [-0.2, 0) is 12.8 Å². The second-order valence-electron chi connectivity index (χ2n) is 8.15. The Labute approximate surface area is 163 Å². The summed E-state index contributed by atoms with van der Waals surface area (Å²) in [5.74, 6) is -0.699. The molecule has 0 bridgehead atoms. The minimum atomic E-state index is -1.70. The number of nitrogens with zero attached hydrogens (tertiary/aromatic N) is 4. The molecule has 1 saturated carbocycles. The number of nitriles is 4. The first-order chi connectivity index (χ1) is 13.7. The molecule has 4 heteroatoms. The van der Waals surface area contributed by atoms with E-state index in [0.717, 1.165) is 35.1 Å². The van der Waals surface area contributed by atoms with Gasteiger partial charge in [-0.3, -0.25) is 0 Å². The Morgan fingerprint density at radius 2 is 0.964 bits per heavy atom. The molecule has 4 nitrogen and oxygen atoms in total. The van der Waals surface area contributed by atoms with Crippen LogP contribution in [0.3, 0.4) is 0 Å². The molecule has 2 aromatic carbocycles. The molecule has 0 aliphatic heterocycles. The van der Waals surface area contributed by atoms with Crippen molar-refractivity contribution in [3.63, 3.8) is 0 Å². The van der Waals surface area contributed by atoms with Gasteiger partial charge in [-0.15, -0.1) is 0 Å². The van der Waals surface area contributed by atoms with Gasteiger partial charge in [0, 0.05) is 11.8 Å². The van der Waals surface area contributed by atoms with Crippen LogP contribution in [-0.4, -0.2) is 0 Å². The standard InChI is InChI=1S/C24H16N4/c25-11-23(12-26)21-17-7-3-1-5-15(17)9-19(21)20-10-16-6-2-4-8-18(16)22(20)24(23,13-27)14-28/h1-8,19-22H,9-10H2/t19-,20-,21-,22+/m1/s1. The molecule has 3 aliphatic rings. The molecule has 0 spiro atoms. The molecule has 0 amide bonds. The third-order valence-electron chi connectivity index (χ3n) is 7.36. The molecule has 0 radical (unpaired) electrons. The summed E-state index contributed by atoms with van der Waals surface area (Å²) in [4.78, 5) is 0. The van der Waals surface area contributed by atoms with E-state index in [-0.39, 0.29) is 11.8 Å². The Bertz CT molecular complexity index is 1050. The van der Waals surface area contributed by atoms with E-state index in [1.54, 1.807) is 0 Å². The van der Waals surface area contributed by atoms with Gasteiger partial charge in [0.2, 0.25) is 0 Å². The lowest BCUT2D eigenvalue weighted by Crippen LogP contribution is -2.55. The second kappa shape index (κ2) is 5.45. The summed E-state index contributed by atoms with van der Waals surface area (Å²) >= 11 is 0. The molecule has 1 fully saturated rings. The third-order valence-corrected chi connectivity index (χ3v) is 7.36. The van der Waals surface area contributed by atoms with Crippen LogP contribution >= 0.6 is 0 Å². The van der Waals surface area contributed by atoms with Gasteiger partial charge in [-0.05, 0) is 46.9 Å². The van der Waals surface area contributed by atoms with Gasteiger partial charge in [-0.2, -0.15) is 21.0 Å². The first kappa shape index (κ1) is 16.6. The summed E-state index contributed by atoms with van der Waals surface area (Å²) in [6.45, 7) is 0. The Morgan fingerprint density at radius 3 is 1.32 bits per heavy atom. The van der Waals surface area contributed by atoms with Gasteiger partial charge in [-0.25, -0.2) is 0 Å². The summed E-state index contributed by atoms with van der Waals surface area (Å²) in [5, 5.41) is 41.2. The second-order valence-corrected chi connectivity index (χ2v) is 8.15. The average Bonchev–Trinajstić information content (AvgIpc) is 3.32. The maximum absolute atomic E-state index is 10.3. The fourth-order valence-corrected chi connectivity index (χ4v) is 6.33. The SMILES string of the molecule is N#CC1(C#N)[C@@H]2c3ccccc3C[C@@H]2[C@H]2Cc3ccccc3[C@@H]2C1(C#N)C#N. The normalized spacial score (nSPS) is 29.6. The van der Waals surface area contributed by atoms with Crippen molar-refractivity contribution in [1.29, 1.82) is 21.0 Å². The molecule has 2 aromatic rings. The molecule has 0 heterocycles. The molecular weight excluding hydrogens is 344 g/mol. The molecule has 0 unspecified atom stereocenters. The van der Waals surface area contributed by atoms with E-state index in [0.29, 0.717) is 0 Å². The van der Waals surface area contributed by atoms with Crippen molar-refractivity contribution in [2.24, 2.45) is 22.7 Å². The zero-order valence-electron chi connectivity index (χ0n) is 15.1.